The summed E-state index contributed by atoms with van der Waals surface area (Å²) in [4.78, 5) is 2.32. The molecule has 3 rings (SSSR count). The van der Waals surface area contributed by atoms with Gasteiger partial charge in [-0.2, -0.15) is 0 Å². The molecule has 0 amide bonds. The first-order chi connectivity index (χ1) is 9.28. The minimum absolute atomic E-state index is 0.138. The van der Waals surface area contributed by atoms with Crippen molar-refractivity contribution >= 4 is 5.69 Å². The summed E-state index contributed by atoms with van der Waals surface area (Å²) in [5.74, 6) is 1.03. The van der Waals surface area contributed by atoms with Crippen LogP contribution >= 0.6 is 0 Å². The van der Waals surface area contributed by atoms with Crippen LogP contribution in [0, 0.1) is 0 Å². The number of benzene rings is 1. The summed E-state index contributed by atoms with van der Waals surface area (Å²) in [6.45, 7) is 4.86. The van der Waals surface area contributed by atoms with Crippen LogP contribution in [-0.4, -0.2) is 21.3 Å². The number of hydrogen-bond donors (Lipinski definition) is 1. The normalized spacial score (nSPS) is 16.2. The van der Waals surface area contributed by atoms with E-state index in [1.54, 1.807) is 6.33 Å². The average molecular weight is 257 g/mol. The quantitative estimate of drug-likeness (QED) is 0.909. The SMILES string of the molecule is CC[C@H](N)c1ccc(N2CCn3cnnc3C2)cc1. The van der Waals surface area contributed by atoms with Gasteiger partial charge in [0.2, 0.25) is 0 Å². The number of anilines is 1. The third-order valence-electron chi connectivity index (χ3n) is 3.77. The first-order valence-electron chi connectivity index (χ1n) is 6.75. The smallest absolute Gasteiger partial charge is 0.152 e. The first kappa shape index (κ1) is 12.2. The molecule has 0 saturated heterocycles. The van der Waals surface area contributed by atoms with Gasteiger partial charge in [-0.1, -0.05) is 19.1 Å². The number of nitrogens with two attached hydrogens (primary N) is 1. The molecule has 0 spiro atoms. The highest BCUT2D eigenvalue weighted by Crippen LogP contribution is 2.22. The van der Waals surface area contributed by atoms with Crippen molar-refractivity contribution in [2.24, 2.45) is 5.73 Å². The van der Waals surface area contributed by atoms with Crippen LogP contribution < -0.4 is 10.6 Å². The molecular weight excluding hydrogens is 238 g/mol. The third kappa shape index (κ3) is 2.33. The summed E-state index contributed by atoms with van der Waals surface area (Å²) in [6.07, 6.45) is 2.77. The van der Waals surface area contributed by atoms with Crippen molar-refractivity contribution in [3.63, 3.8) is 0 Å². The topological polar surface area (TPSA) is 60.0 Å². The van der Waals surface area contributed by atoms with E-state index in [1.165, 1.54) is 11.3 Å². The van der Waals surface area contributed by atoms with Crippen LogP contribution in [0.15, 0.2) is 30.6 Å². The van der Waals surface area contributed by atoms with Gasteiger partial charge in [0, 0.05) is 24.8 Å². The zero-order valence-corrected chi connectivity index (χ0v) is 11.2. The molecule has 0 radical (unpaired) electrons. The molecule has 2 aromatic rings. The number of aromatic nitrogens is 3. The van der Waals surface area contributed by atoms with E-state index >= 15 is 0 Å². The van der Waals surface area contributed by atoms with Crippen LogP contribution in [0.3, 0.4) is 0 Å². The second-order valence-electron chi connectivity index (χ2n) is 4.97. The van der Waals surface area contributed by atoms with Gasteiger partial charge < -0.3 is 15.2 Å². The van der Waals surface area contributed by atoms with Gasteiger partial charge in [-0.25, -0.2) is 0 Å². The van der Waals surface area contributed by atoms with E-state index in [-0.39, 0.29) is 6.04 Å². The number of nitrogens with zero attached hydrogens (tertiary/aromatic N) is 4. The Bertz CT molecular complexity index is 545. The molecular formula is C14H19N5. The predicted octanol–water partition coefficient (Wildman–Crippen LogP) is 1.71. The summed E-state index contributed by atoms with van der Waals surface area (Å²) >= 11 is 0. The molecule has 19 heavy (non-hydrogen) atoms. The van der Waals surface area contributed by atoms with E-state index in [0.717, 1.165) is 31.9 Å². The number of hydrogen-bond acceptors (Lipinski definition) is 4. The van der Waals surface area contributed by atoms with Gasteiger partial charge >= 0.3 is 0 Å². The van der Waals surface area contributed by atoms with E-state index in [9.17, 15) is 0 Å². The minimum atomic E-state index is 0.138. The van der Waals surface area contributed by atoms with Crippen LogP contribution in [-0.2, 0) is 13.1 Å². The van der Waals surface area contributed by atoms with Crippen molar-refractivity contribution in [1.29, 1.82) is 0 Å². The van der Waals surface area contributed by atoms with Crippen molar-refractivity contribution < 1.29 is 0 Å². The standard InChI is InChI=1S/C14H19N5/c1-2-13(15)11-3-5-12(6-4-11)18-7-8-19-10-16-17-14(19)9-18/h3-6,10,13H,2,7-9,15H2,1H3/t13-/m0/s1. The fourth-order valence-corrected chi connectivity index (χ4v) is 2.45. The Morgan fingerprint density at radius 3 is 2.79 bits per heavy atom. The lowest BCUT2D eigenvalue weighted by Crippen LogP contribution is -2.33. The Morgan fingerprint density at radius 1 is 1.26 bits per heavy atom. The molecule has 5 nitrogen and oxygen atoms in total. The highest BCUT2D eigenvalue weighted by atomic mass is 15.3. The summed E-state index contributed by atoms with van der Waals surface area (Å²) in [5, 5.41) is 8.09. The summed E-state index contributed by atoms with van der Waals surface area (Å²) in [5.41, 5.74) is 8.46. The van der Waals surface area contributed by atoms with Gasteiger partial charge in [0.1, 0.15) is 6.33 Å². The predicted molar refractivity (Wildman–Crippen MR) is 74.7 cm³/mol. The van der Waals surface area contributed by atoms with E-state index in [2.05, 4.69) is 50.9 Å². The molecule has 1 aliphatic rings. The van der Waals surface area contributed by atoms with Crippen molar-refractivity contribution in [2.45, 2.75) is 32.5 Å². The molecule has 0 aliphatic carbocycles. The second-order valence-corrected chi connectivity index (χ2v) is 4.97. The largest absolute Gasteiger partial charge is 0.362 e. The van der Waals surface area contributed by atoms with Gasteiger partial charge in [-0.05, 0) is 24.1 Å². The van der Waals surface area contributed by atoms with Crippen molar-refractivity contribution in [3.05, 3.63) is 42.0 Å². The lowest BCUT2D eigenvalue weighted by Gasteiger charge is -2.29. The van der Waals surface area contributed by atoms with Crippen LogP contribution in [0.4, 0.5) is 5.69 Å². The van der Waals surface area contributed by atoms with Gasteiger partial charge in [-0.15, -0.1) is 10.2 Å². The highest BCUT2D eigenvalue weighted by molar-refractivity contribution is 5.48. The Hall–Kier alpha value is -1.88. The molecule has 5 heteroatoms. The van der Waals surface area contributed by atoms with Gasteiger partial charge in [0.05, 0.1) is 6.54 Å². The average Bonchev–Trinajstić information content (AvgIpc) is 2.94. The van der Waals surface area contributed by atoms with Crippen LogP contribution in [0.5, 0.6) is 0 Å². The Kier molecular flexibility index (Phi) is 3.21. The Labute approximate surface area is 113 Å². The molecule has 1 aromatic heterocycles. The van der Waals surface area contributed by atoms with E-state index in [4.69, 9.17) is 5.73 Å². The van der Waals surface area contributed by atoms with Crippen molar-refractivity contribution in [3.8, 4) is 0 Å². The molecule has 0 fully saturated rings. The zero-order valence-electron chi connectivity index (χ0n) is 11.2. The fraction of sp³-hybridized carbons (Fsp3) is 0.429. The van der Waals surface area contributed by atoms with Gasteiger partial charge in [0.25, 0.3) is 0 Å². The summed E-state index contributed by atoms with van der Waals surface area (Å²) in [6, 6.07) is 8.69. The second kappa shape index (κ2) is 5.01. The molecule has 0 saturated carbocycles. The molecule has 1 aromatic carbocycles. The molecule has 1 atom stereocenters. The molecule has 0 unspecified atom stereocenters. The molecule has 100 valence electrons. The van der Waals surface area contributed by atoms with Gasteiger partial charge in [0.15, 0.2) is 5.82 Å². The van der Waals surface area contributed by atoms with Gasteiger partial charge in [-0.3, -0.25) is 0 Å². The molecule has 2 N–H and O–H groups in total. The maximum Gasteiger partial charge on any atom is 0.152 e. The fourth-order valence-electron chi connectivity index (χ4n) is 2.45. The van der Waals surface area contributed by atoms with E-state index in [1.807, 2.05) is 0 Å². The van der Waals surface area contributed by atoms with Crippen LogP contribution in [0.25, 0.3) is 0 Å². The Balaban J connectivity index is 1.77. The summed E-state index contributed by atoms with van der Waals surface area (Å²) in [7, 11) is 0. The molecule has 2 heterocycles. The third-order valence-corrected chi connectivity index (χ3v) is 3.77. The van der Waals surface area contributed by atoms with Crippen LogP contribution in [0.1, 0.15) is 30.8 Å². The minimum Gasteiger partial charge on any atom is -0.362 e. The summed E-state index contributed by atoms with van der Waals surface area (Å²) < 4.78 is 2.11. The maximum absolute atomic E-state index is 6.04. The van der Waals surface area contributed by atoms with Crippen LogP contribution in [0.2, 0.25) is 0 Å². The van der Waals surface area contributed by atoms with Crippen molar-refractivity contribution in [1.82, 2.24) is 14.8 Å². The maximum atomic E-state index is 6.04. The Morgan fingerprint density at radius 2 is 2.05 bits per heavy atom. The number of rotatable bonds is 3. The first-order valence-corrected chi connectivity index (χ1v) is 6.75. The van der Waals surface area contributed by atoms with Crippen molar-refractivity contribution in [2.75, 3.05) is 11.4 Å². The zero-order chi connectivity index (χ0) is 13.2. The monoisotopic (exact) mass is 257 g/mol. The lowest BCUT2D eigenvalue weighted by atomic mass is 10.0. The number of fused-ring (bicyclic) bond motifs is 1. The molecule has 0 bridgehead atoms. The lowest BCUT2D eigenvalue weighted by molar-refractivity contribution is 0.560. The van der Waals surface area contributed by atoms with E-state index < -0.39 is 0 Å². The molecule has 1 aliphatic heterocycles. The van der Waals surface area contributed by atoms with E-state index in [0.29, 0.717) is 0 Å². The highest BCUT2D eigenvalue weighted by Gasteiger charge is 2.17.